The fraction of sp³-hybridized carbons (Fsp3) is 0.462. The van der Waals surface area contributed by atoms with E-state index in [0.717, 1.165) is 9.37 Å². The van der Waals surface area contributed by atoms with Crippen LogP contribution in [0.4, 0.5) is 0 Å². The monoisotopic (exact) mass is 331 g/mol. The molecule has 0 atom stereocenters. The number of aliphatic hydroxyl groups is 1. The maximum absolute atomic E-state index is 12.0. The zero-order valence-corrected chi connectivity index (χ0v) is 13.0. The summed E-state index contributed by atoms with van der Waals surface area (Å²) in [5.74, 6) is -0.135. The van der Waals surface area contributed by atoms with E-state index in [4.69, 9.17) is 5.11 Å². The molecule has 1 amide bonds. The Morgan fingerprint density at radius 2 is 2.17 bits per heavy atom. The number of halogens is 1. The maximum atomic E-state index is 12.0. The van der Waals surface area contributed by atoms with Gasteiger partial charge < -0.3 is 10.4 Å². The fourth-order valence-electron chi connectivity index (χ4n) is 1.49. The number of carbonyl (C=O) groups is 1. The number of amides is 1. The topological polar surface area (TPSA) is 49.3 Å². The number of aliphatic hydroxyl groups excluding tert-OH is 1. The minimum absolute atomic E-state index is 0.116. The van der Waals surface area contributed by atoms with Crippen molar-refractivity contribution in [3.8, 4) is 0 Å². The minimum atomic E-state index is -0.135. The molecule has 1 rings (SSSR count). The van der Waals surface area contributed by atoms with Crippen LogP contribution in [0.15, 0.2) is 27.6 Å². The molecule has 1 aromatic rings. The van der Waals surface area contributed by atoms with Crippen LogP contribution in [0, 0.1) is 5.41 Å². The Morgan fingerprint density at radius 3 is 2.78 bits per heavy atom. The van der Waals surface area contributed by atoms with Crippen LogP contribution < -0.4 is 5.32 Å². The van der Waals surface area contributed by atoms with Crippen LogP contribution in [-0.4, -0.2) is 24.2 Å². The van der Waals surface area contributed by atoms with Crippen LogP contribution in [0.3, 0.4) is 0 Å². The summed E-state index contributed by atoms with van der Waals surface area (Å²) >= 11 is 7.57. The average Bonchev–Trinajstić information content (AvgIpc) is 2.29. The van der Waals surface area contributed by atoms with Gasteiger partial charge in [-0.25, -0.2) is 0 Å². The van der Waals surface area contributed by atoms with Crippen molar-refractivity contribution in [2.24, 2.45) is 5.41 Å². The minimum Gasteiger partial charge on any atom is -0.396 e. The number of hydrogen-bond acceptors (Lipinski definition) is 3. The number of hydrogen-bond donors (Lipinski definition) is 3. The number of carbonyl (C=O) groups excluding carboxylic acids is 1. The lowest BCUT2D eigenvalue weighted by Crippen LogP contribution is -2.34. The summed E-state index contributed by atoms with van der Waals surface area (Å²) in [6.45, 7) is 4.66. The standard InChI is InChI=1S/C13H18BrNO2S/c1-13(2,5-6-16)8-15-12(17)10-7-9(18)3-4-11(10)14/h3-4,7,16,18H,5-6,8H2,1-2H3,(H,15,17). The van der Waals surface area contributed by atoms with E-state index in [-0.39, 0.29) is 17.9 Å². The Bertz CT molecular complexity index is 435. The molecular formula is C13H18BrNO2S. The van der Waals surface area contributed by atoms with E-state index in [9.17, 15) is 4.79 Å². The molecule has 0 fully saturated rings. The van der Waals surface area contributed by atoms with Crippen molar-refractivity contribution in [2.45, 2.75) is 25.2 Å². The molecule has 0 aliphatic heterocycles. The molecule has 2 N–H and O–H groups in total. The first kappa shape index (κ1) is 15.5. The summed E-state index contributed by atoms with van der Waals surface area (Å²) in [6.07, 6.45) is 0.654. The quantitative estimate of drug-likeness (QED) is 0.726. The van der Waals surface area contributed by atoms with Crippen molar-refractivity contribution in [3.05, 3.63) is 28.2 Å². The first-order chi connectivity index (χ1) is 8.35. The van der Waals surface area contributed by atoms with Gasteiger partial charge >= 0.3 is 0 Å². The van der Waals surface area contributed by atoms with Crippen molar-refractivity contribution in [2.75, 3.05) is 13.2 Å². The van der Waals surface area contributed by atoms with Crippen LogP contribution in [0.1, 0.15) is 30.6 Å². The third-order valence-electron chi connectivity index (χ3n) is 2.71. The predicted molar refractivity (Wildman–Crippen MR) is 79.2 cm³/mol. The summed E-state index contributed by atoms with van der Waals surface area (Å²) in [5, 5.41) is 11.8. The van der Waals surface area contributed by atoms with E-state index in [1.54, 1.807) is 12.1 Å². The van der Waals surface area contributed by atoms with E-state index in [0.29, 0.717) is 18.5 Å². The summed E-state index contributed by atoms with van der Waals surface area (Å²) in [6, 6.07) is 5.34. The van der Waals surface area contributed by atoms with Crippen molar-refractivity contribution >= 4 is 34.5 Å². The Hall–Kier alpha value is -0.520. The van der Waals surface area contributed by atoms with Crippen molar-refractivity contribution in [3.63, 3.8) is 0 Å². The highest BCUT2D eigenvalue weighted by Gasteiger charge is 2.19. The molecule has 0 heterocycles. The first-order valence-corrected chi connectivity index (χ1v) is 6.97. The van der Waals surface area contributed by atoms with Crippen molar-refractivity contribution in [1.82, 2.24) is 5.32 Å². The lowest BCUT2D eigenvalue weighted by Gasteiger charge is -2.24. The third-order valence-corrected chi connectivity index (χ3v) is 3.68. The average molecular weight is 332 g/mol. The lowest BCUT2D eigenvalue weighted by molar-refractivity contribution is 0.0927. The number of rotatable bonds is 5. The molecule has 1 aromatic carbocycles. The Balaban J connectivity index is 2.69. The van der Waals surface area contributed by atoms with Crippen molar-refractivity contribution in [1.29, 1.82) is 0 Å². The molecule has 100 valence electrons. The summed E-state index contributed by atoms with van der Waals surface area (Å²) in [5.41, 5.74) is 0.456. The zero-order chi connectivity index (χ0) is 13.8. The van der Waals surface area contributed by atoms with Gasteiger partial charge in [0.05, 0.1) is 5.56 Å². The van der Waals surface area contributed by atoms with Gasteiger partial charge in [-0.15, -0.1) is 12.6 Å². The summed E-state index contributed by atoms with van der Waals surface area (Å²) in [4.78, 5) is 12.8. The van der Waals surface area contributed by atoms with Gasteiger partial charge in [-0.2, -0.15) is 0 Å². The van der Waals surface area contributed by atoms with E-state index >= 15 is 0 Å². The second-order valence-corrected chi connectivity index (χ2v) is 6.36. The Kier molecular flexibility index (Phi) is 5.69. The Morgan fingerprint density at radius 1 is 1.50 bits per heavy atom. The maximum Gasteiger partial charge on any atom is 0.252 e. The van der Waals surface area contributed by atoms with E-state index in [1.165, 1.54) is 0 Å². The molecule has 0 saturated heterocycles. The van der Waals surface area contributed by atoms with E-state index in [2.05, 4.69) is 33.9 Å². The summed E-state index contributed by atoms with van der Waals surface area (Å²) in [7, 11) is 0. The second kappa shape index (κ2) is 6.59. The zero-order valence-electron chi connectivity index (χ0n) is 10.5. The van der Waals surface area contributed by atoms with Crippen molar-refractivity contribution < 1.29 is 9.90 Å². The molecule has 3 nitrogen and oxygen atoms in total. The van der Waals surface area contributed by atoms with Crippen LogP contribution in [0.25, 0.3) is 0 Å². The van der Waals surface area contributed by atoms with E-state index < -0.39 is 0 Å². The smallest absolute Gasteiger partial charge is 0.252 e. The molecule has 0 spiro atoms. The first-order valence-electron chi connectivity index (χ1n) is 5.73. The highest BCUT2D eigenvalue weighted by atomic mass is 79.9. The van der Waals surface area contributed by atoms with Gasteiger partial charge in [-0.05, 0) is 46.0 Å². The van der Waals surface area contributed by atoms with Gasteiger partial charge in [0.2, 0.25) is 0 Å². The highest BCUT2D eigenvalue weighted by molar-refractivity contribution is 9.10. The molecule has 0 aliphatic rings. The third kappa shape index (κ3) is 4.63. The highest BCUT2D eigenvalue weighted by Crippen LogP contribution is 2.22. The SMILES string of the molecule is CC(C)(CCO)CNC(=O)c1cc(S)ccc1Br. The predicted octanol–water partition coefficient (Wildman–Crippen LogP) is 2.88. The number of thiol groups is 1. The molecule has 0 aliphatic carbocycles. The molecule has 0 radical (unpaired) electrons. The molecule has 18 heavy (non-hydrogen) atoms. The molecule has 0 bridgehead atoms. The molecule has 0 unspecified atom stereocenters. The lowest BCUT2D eigenvalue weighted by atomic mass is 9.89. The normalized spacial score (nSPS) is 11.4. The van der Waals surface area contributed by atoms with Gasteiger partial charge in [0.1, 0.15) is 0 Å². The van der Waals surface area contributed by atoms with Crippen LogP contribution in [0.5, 0.6) is 0 Å². The molecule has 0 aromatic heterocycles. The van der Waals surface area contributed by atoms with Gasteiger partial charge in [-0.1, -0.05) is 13.8 Å². The van der Waals surface area contributed by atoms with Crippen LogP contribution in [-0.2, 0) is 0 Å². The number of benzene rings is 1. The van der Waals surface area contributed by atoms with Crippen LogP contribution >= 0.6 is 28.6 Å². The Labute approximate surface area is 122 Å². The molecule has 5 heteroatoms. The fourth-order valence-corrected chi connectivity index (χ4v) is 2.12. The second-order valence-electron chi connectivity index (χ2n) is 4.98. The van der Waals surface area contributed by atoms with Crippen LogP contribution in [0.2, 0.25) is 0 Å². The van der Waals surface area contributed by atoms with E-state index in [1.807, 2.05) is 19.9 Å². The van der Waals surface area contributed by atoms with Gasteiger partial charge in [0, 0.05) is 22.5 Å². The summed E-state index contributed by atoms with van der Waals surface area (Å²) < 4.78 is 0.748. The largest absolute Gasteiger partial charge is 0.396 e. The van der Waals surface area contributed by atoms with Gasteiger partial charge in [0.25, 0.3) is 5.91 Å². The molecule has 0 saturated carbocycles. The number of nitrogens with one attached hydrogen (secondary N) is 1. The molecular weight excluding hydrogens is 314 g/mol. The van der Waals surface area contributed by atoms with Gasteiger partial charge in [-0.3, -0.25) is 4.79 Å². The van der Waals surface area contributed by atoms with Gasteiger partial charge in [0.15, 0.2) is 0 Å².